The maximum atomic E-state index is 12.0. The number of amides is 1. The van der Waals surface area contributed by atoms with Crippen molar-refractivity contribution in [2.45, 2.75) is 6.92 Å². The smallest absolute Gasteiger partial charge is 0.267 e. The molecule has 2 rings (SSSR count). The molecule has 3 N–H and O–H groups in total. The Hall–Kier alpha value is -1.23. The standard InChI is InChI=1S/C12H10Cl2N2OS/c1-6-5-18-11(10(6)14)12(17)16-9-3-2-7(15)4-8(9)13/h2-5H,15H2,1H3,(H,16,17). The van der Waals surface area contributed by atoms with Gasteiger partial charge < -0.3 is 11.1 Å². The van der Waals surface area contributed by atoms with Crippen LogP contribution >= 0.6 is 34.5 Å². The third kappa shape index (κ3) is 2.61. The van der Waals surface area contributed by atoms with Gasteiger partial charge in [0.1, 0.15) is 4.88 Å². The van der Waals surface area contributed by atoms with E-state index < -0.39 is 0 Å². The molecule has 2 aromatic rings. The fourth-order valence-electron chi connectivity index (χ4n) is 1.39. The molecule has 0 saturated heterocycles. The van der Waals surface area contributed by atoms with Gasteiger partial charge in [-0.15, -0.1) is 11.3 Å². The van der Waals surface area contributed by atoms with Gasteiger partial charge in [0.2, 0.25) is 0 Å². The Bertz CT molecular complexity index is 610. The number of thiophene rings is 1. The largest absolute Gasteiger partial charge is 0.399 e. The number of aryl methyl sites for hydroxylation is 1. The van der Waals surface area contributed by atoms with Crippen LogP contribution in [0.5, 0.6) is 0 Å². The second kappa shape index (κ2) is 5.18. The van der Waals surface area contributed by atoms with Crippen molar-refractivity contribution in [1.29, 1.82) is 0 Å². The summed E-state index contributed by atoms with van der Waals surface area (Å²) in [7, 11) is 0. The van der Waals surface area contributed by atoms with E-state index in [-0.39, 0.29) is 5.91 Å². The van der Waals surface area contributed by atoms with E-state index in [1.165, 1.54) is 11.3 Å². The van der Waals surface area contributed by atoms with Crippen LogP contribution in [0.25, 0.3) is 0 Å². The first-order valence-electron chi connectivity index (χ1n) is 5.09. The zero-order valence-corrected chi connectivity index (χ0v) is 11.8. The Morgan fingerprint density at radius 1 is 1.39 bits per heavy atom. The normalized spacial score (nSPS) is 10.4. The number of carbonyl (C=O) groups excluding carboxylic acids is 1. The molecule has 0 aliphatic carbocycles. The van der Waals surface area contributed by atoms with E-state index in [1.807, 2.05) is 12.3 Å². The molecule has 1 heterocycles. The van der Waals surface area contributed by atoms with Crippen LogP contribution in [0.15, 0.2) is 23.6 Å². The van der Waals surface area contributed by atoms with Gasteiger partial charge >= 0.3 is 0 Å². The van der Waals surface area contributed by atoms with Gasteiger partial charge in [-0.05, 0) is 36.1 Å². The van der Waals surface area contributed by atoms with Crippen LogP contribution < -0.4 is 11.1 Å². The molecule has 0 bridgehead atoms. The van der Waals surface area contributed by atoms with Crippen molar-refractivity contribution >= 4 is 51.8 Å². The summed E-state index contributed by atoms with van der Waals surface area (Å²) in [6, 6.07) is 4.91. The van der Waals surface area contributed by atoms with Crippen molar-refractivity contribution in [2.75, 3.05) is 11.1 Å². The third-order valence-electron chi connectivity index (χ3n) is 2.35. The van der Waals surface area contributed by atoms with Gasteiger partial charge in [-0.25, -0.2) is 0 Å². The van der Waals surface area contributed by atoms with E-state index in [1.54, 1.807) is 18.2 Å². The van der Waals surface area contributed by atoms with Gasteiger partial charge in [0.15, 0.2) is 0 Å². The summed E-state index contributed by atoms with van der Waals surface area (Å²) in [6.45, 7) is 1.85. The highest BCUT2D eigenvalue weighted by atomic mass is 35.5. The van der Waals surface area contributed by atoms with Gasteiger partial charge in [-0.3, -0.25) is 4.79 Å². The molecular weight excluding hydrogens is 291 g/mol. The number of benzene rings is 1. The summed E-state index contributed by atoms with van der Waals surface area (Å²) < 4.78 is 0. The van der Waals surface area contributed by atoms with Crippen LogP contribution in [0.4, 0.5) is 11.4 Å². The van der Waals surface area contributed by atoms with Crippen LogP contribution in [-0.4, -0.2) is 5.91 Å². The molecule has 1 aromatic carbocycles. The Morgan fingerprint density at radius 3 is 2.67 bits per heavy atom. The van der Waals surface area contributed by atoms with E-state index in [2.05, 4.69) is 5.32 Å². The van der Waals surface area contributed by atoms with Gasteiger partial charge in [-0.2, -0.15) is 0 Å². The number of hydrogen-bond acceptors (Lipinski definition) is 3. The van der Waals surface area contributed by atoms with E-state index in [0.717, 1.165) is 5.56 Å². The lowest BCUT2D eigenvalue weighted by atomic mass is 10.2. The average Bonchev–Trinajstić information content (AvgIpc) is 2.64. The number of halogens is 2. The molecule has 3 nitrogen and oxygen atoms in total. The minimum atomic E-state index is -0.273. The number of nitrogens with one attached hydrogen (secondary N) is 1. The highest BCUT2D eigenvalue weighted by Gasteiger charge is 2.15. The molecular formula is C12H10Cl2N2OS. The highest BCUT2D eigenvalue weighted by molar-refractivity contribution is 7.13. The van der Waals surface area contributed by atoms with Crippen molar-refractivity contribution in [3.63, 3.8) is 0 Å². The zero-order chi connectivity index (χ0) is 13.3. The number of carbonyl (C=O) groups is 1. The SMILES string of the molecule is Cc1csc(C(=O)Nc2ccc(N)cc2Cl)c1Cl. The van der Waals surface area contributed by atoms with Crippen molar-refractivity contribution in [3.8, 4) is 0 Å². The minimum absolute atomic E-state index is 0.273. The fraction of sp³-hybridized carbons (Fsp3) is 0.0833. The maximum Gasteiger partial charge on any atom is 0.267 e. The predicted molar refractivity (Wildman–Crippen MR) is 77.9 cm³/mol. The summed E-state index contributed by atoms with van der Waals surface area (Å²) >= 11 is 13.3. The van der Waals surface area contributed by atoms with Crippen LogP contribution in [0.3, 0.4) is 0 Å². The third-order valence-corrected chi connectivity index (χ3v) is 4.36. The molecule has 0 spiro atoms. The lowest BCUT2D eigenvalue weighted by Gasteiger charge is -2.07. The summed E-state index contributed by atoms with van der Waals surface area (Å²) in [6.07, 6.45) is 0. The molecule has 1 aromatic heterocycles. The summed E-state index contributed by atoms with van der Waals surface area (Å²) in [5.41, 5.74) is 7.52. The van der Waals surface area contributed by atoms with Crippen LogP contribution in [-0.2, 0) is 0 Å². The van der Waals surface area contributed by atoms with Gasteiger partial charge in [-0.1, -0.05) is 23.2 Å². The second-order valence-electron chi connectivity index (χ2n) is 3.76. The van der Waals surface area contributed by atoms with Crippen LogP contribution in [0, 0.1) is 6.92 Å². The number of hydrogen-bond donors (Lipinski definition) is 2. The molecule has 1 amide bonds. The van der Waals surface area contributed by atoms with Gasteiger partial charge in [0, 0.05) is 5.69 Å². The molecule has 0 atom stereocenters. The second-order valence-corrected chi connectivity index (χ2v) is 5.42. The predicted octanol–water partition coefficient (Wildman–Crippen LogP) is 4.20. The number of nitrogen functional groups attached to an aromatic ring is 1. The quantitative estimate of drug-likeness (QED) is 0.817. The molecule has 6 heteroatoms. The topological polar surface area (TPSA) is 55.1 Å². The van der Waals surface area contributed by atoms with E-state index in [0.29, 0.717) is 26.3 Å². The molecule has 94 valence electrons. The first kappa shape index (κ1) is 13.2. The number of nitrogens with two attached hydrogens (primary N) is 1. The molecule has 0 unspecified atom stereocenters. The zero-order valence-electron chi connectivity index (χ0n) is 9.46. The van der Waals surface area contributed by atoms with Crippen molar-refractivity contribution in [1.82, 2.24) is 0 Å². The summed E-state index contributed by atoms with van der Waals surface area (Å²) in [4.78, 5) is 12.5. The molecule has 0 aliphatic heterocycles. The molecule has 18 heavy (non-hydrogen) atoms. The Morgan fingerprint density at radius 2 is 2.11 bits per heavy atom. The van der Waals surface area contributed by atoms with E-state index in [4.69, 9.17) is 28.9 Å². The maximum absolute atomic E-state index is 12.0. The van der Waals surface area contributed by atoms with Crippen molar-refractivity contribution in [2.24, 2.45) is 0 Å². The fourth-order valence-corrected chi connectivity index (χ4v) is 2.80. The van der Waals surface area contributed by atoms with Crippen molar-refractivity contribution in [3.05, 3.63) is 44.1 Å². The van der Waals surface area contributed by atoms with Crippen LogP contribution in [0.1, 0.15) is 15.2 Å². The Balaban J connectivity index is 2.24. The van der Waals surface area contributed by atoms with E-state index in [9.17, 15) is 4.79 Å². The lowest BCUT2D eigenvalue weighted by molar-refractivity contribution is 0.103. The van der Waals surface area contributed by atoms with Gasteiger partial charge in [0.05, 0.1) is 15.7 Å². The summed E-state index contributed by atoms with van der Waals surface area (Å²) in [5, 5.41) is 5.41. The lowest BCUT2D eigenvalue weighted by Crippen LogP contribution is -2.11. The highest BCUT2D eigenvalue weighted by Crippen LogP contribution is 2.29. The van der Waals surface area contributed by atoms with Crippen LogP contribution in [0.2, 0.25) is 10.0 Å². The Labute approximate surface area is 119 Å². The molecule has 0 radical (unpaired) electrons. The number of anilines is 2. The average molecular weight is 301 g/mol. The summed E-state index contributed by atoms with van der Waals surface area (Å²) in [5.74, 6) is -0.273. The van der Waals surface area contributed by atoms with Crippen molar-refractivity contribution < 1.29 is 4.79 Å². The number of rotatable bonds is 2. The molecule has 0 aliphatic rings. The molecule has 0 saturated carbocycles. The monoisotopic (exact) mass is 300 g/mol. The first-order valence-corrected chi connectivity index (χ1v) is 6.72. The first-order chi connectivity index (χ1) is 8.49. The Kier molecular flexibility index (Phi) is 3.80. The van der Waals surface area contributed by atoms with Gasteiger partial charge in [0.25, 0.3) is 5.91 Å². The van der Waals surface area contributed by atoms with E-state index >= 15 is 0 Å². The molecule has 0 fully saturated rings. The minimum Gasteiger partial charge on any atom is -0.399 e.